The normalized spacial score (nSPS) is 17.3. The minimum absolute atomic E-state index is 0.281. The molecular formula is C13H11N3O3. The van der Waals surface area contributed by atoms with Crippen molar-refractivity contribution in [1.82, 2.24) is 10.2 Å². The van der Waals surface area contributed by atoms with Crippen molar-refractivity contribution in [2.45, 2.75) is 12.5 Å². The zero-order valence-corrected chi connectivity index (χ0v) is 9.91. The van der Waals surface area contributed by atoms with Crippen LogP contribution in [-0.4, -0.2) is 33.2 Å². The second-order valence-corrected chi connectivity index (χ2v) is 4.33. The van der Waals surface area contributed by atoms with Crippen molar-refractivity contribution in [2.24, 2.45) is 0 Å². The summed E-state index contributed by atoms with van der Waals surface area (Å²) in [4.78, 5) is 25.0. The number of fused-ring (bicyclic) bond motifs is 1. The van der Waals surface area contributed by atoms with E-state index in [1.807, 2.05) is 12.1 Å². The number of benzene rings is 1. The second kappa shape index (κ2) is 4.24. The zero-order chi connectivity index (χ0) is 13.4. The number of anilines is 1. The summed E-state index contributed by atoms with van der Waals surface area (Å²) in [5, 5.41) is 15.6. The summed E-state index contributed by atoms with van der Waals surface area (Å²) >= 11 is 0. The molecule has 2 aromatic rings. The third-order valence-corrected chi connectivity index (χ3v) is 3.21. The molecule has 0 spiro atoms. The van der Waals surface area contributed by atoms with Crippen molar-refractivity contribution < 1.29 is 14.7 Å². The molecule has 1 atom stereocenters. The topological polar surface area (TPSA) is 86.3 Å². The van der Waals surface area contributed by atoms with Crippen LogP contribution < -0.4 is 4.90 Å². The van der Waals surface area contributed by atoms with Gasteiger partial charge in [-0.25, -0.2) is 4.79 Å². The number of carboxylic acids is 1. The van der Waals surface area contributed by atoms with E-state index in [9.17, 15) is 14.7 Å². The smallest absolute Gasteiger partial charge is 0.327 e. The second-order valence-electron chi connectivity index (χ2n) is 4.33. The Balaban J connectivity index is 2.05. The van der Waals surface area contributed by atoms with Crippen molar-refractivity contribution in [3.63, 3.8) is 0 Å². The number of aliphatic carboxylic acids is 1. The first kappa shape index (κ1) is 11.5. The number of rotatable bonds is 2. The Labute approximate surface area is 108 Å². The molecule has 0 radical (unpaired) electrons. The minimum Gasteiger partial charge on any atom is -0.480 e. The van der Waals surface area contributed by atoms with Crippen molar-refractivity contribution in [3.8, 4) is 0 Å². The number of hydrogen-bond donors (Lipinski definition) is 2. The first-order valence-electron chi connectivity index (χ1n) is 5.82. The molecule has 2 N–H and O–H groups in total. The predicted octanol–water partition coefficient (Wildman–Crippen LogP) is 1.07. The van der Waals surface area contributed by atoms with E-state index in [1.165, 1.54) is 17.2 Å². The Hall–Kier alpha value is -2.63. The molecule has 0 bridgehead atoms. The number of carboxylic acid groups (broad SMARTS) is 1. The van der Waals surface area contributed by atoms with E-state index in [-0.39, 0.29) is 11.6 Å². The maximum atomic E-state index is 12.4. The predicted molar refractivity (Wildman–Crippen MR) is 67.0 cm³/mol. The van der Waals surface area contributed by atoms with Gasteiger partial charge in [0.2, 0.25) is 0 Å². The van der Waals surface area contributed by atoms with Gasteiger partial charge in [0.25, 0.3) is 5.91 Å². The number of aromatic nitrogens is 2. The molecule has 1 aliphatic rings. The molecule has 6 nitrogen and oxygen atoms in total. The number of hydrogen-bond acceptors (Lipinski definition) is 3. The number of amides is 1. The van der Waals surface area contributed by atoms with Gasteiger partial charge in [-0.3, -0.25) is 14.8 Å². The molecule has 0 saturated heterocycles. The molecular weight excluding hydrogens is 246 g/mol. The Morgan fingerprint density at radius 3 is 2.79 bits per heavy atom. The van der Waals surface area contributed by atoms with Crippen molar-refractivity contribution in [3.05, 3.63) is 47.8 Å². The van der Waals surface area contributed by atoms with Crippen LogP contribution in [0, 0.1) is 0 Å². The summed E-state index contributed by atoms with van der Waals surface area (Å²) in [6.07, 6.45) is 1.79. The number of carbonyl (C=O) groups excluding carboxylic acids is 1. The molecule has 1 aliphatic heterocycles. The van der Waals surface area contributed by atoms with E-state index < -0.39 is 12.0 Å². The fourth-order valence-corrected chi connectivity index (χ4v) is 2.34. The summed E-state index contributed by atoms with van der Waals surface area (Å²) < 4.78 is 0. The number of H-pyrrole nitrogens is 1. The summed E-state index contributed by atoms with van der Waals surface area (Å²) in [6, 6.07) is 7.88. The van der Waals surface area contributed by atoms with Gasteiger partial charge < -0.3 is 5.11 Å². The molecule has 0 aliphatic carbocycles. The van der Waals surface area contributed by atoms with Gasteiger partial charge in [0, 0.05) is 18.3 Å². The van der Waals surface area contributed by atoms with Crippen LogP contribution in [0.25, 0.3) is 0 Å². The lowest BCUT2D eigenvalue weighted by atomic mass is 10.1. The van der Waals surface area contributed by atoms with E-state index in [2.05, 4.69) is 10.2 Å². The molecule has 0 unspecified atom stereocenters. The van der Waals surface area contributed by atoms with Crippen LogP contribution in [-0.2, 0) is 11.2 Å². The molecule has 1 amide bonds. The van der Waals surface area contributed by atoms with Crippen LogP contribution >= 0.6 is 0 Å². The highest BCUT2D eigenvalue weighted by Crippen LogP contribution is 2.33. The molecule has 1 aromatic heterocycles. The maximum absolute atomic E-state index is 12.4. The highest BCUT2D eigenvalue weighted by atomic mass is 16.4. The van der Waals surface area contributed by atoms with Crippen LogP contribution in [0.4, 0.5) is 5.69 Å². The van der Waals surface area contributed by atoms with Crippen LogP contribution in [0.15, 0.2) is 36.5 Å². The average molecular weight is 257 g/mol. The Bertz CT molecular complexity index is 636. The molecule has 19 heavy (non-hydrogen) atoms. The van der Waals surface area contributed by atoms with Gasteiger partial charge in [-0.05, 0) is 17.7 Å². The summed E-state index contributed by atoms with van der Waals surface area (Å²) in [6.45, 7) is 0. The first-order chi connectivity index (χ1) is 9.18. The lowest BCUT2D eigenvalue weighted by Crippen LogP contribution is -2.43. The van der Waals surface area contributed by atoms with Gasteiger partial charge in [-0.15, -0.1) is 0 Å². The van der Waals surface area contributed by atoms with Gasteiger partial charge in [0.15, 0.2) is 0 Å². The molecule has 6 heteroatoms. The number of nitrogens with one attached hydrogen (secondary N) is 1. The summed E-state index contributed by atoms with van der Waals surface area (Å²) in [7, 11) is 0. The summed E-state index contributed by atoms with van der Waals surface area (Å²) in [5.74, 6) is -1.39. The Kier molecular flexibility index (Phi) is 2.56. The quantitative estimate of drug-likeness (QED) is 0.842. The van der Waals surface area contributed by atoms with Crippen LogP contribution in [0.2, 0.25) is 0 Å². The maximum Gasteiger partial charge on any atom is 0.327 e. The SMILES string of the molecule is O=C(O)[C@@H]1Cc2ccccc2N1C(=O)c1ccn[nH]1. The van der Waals surface area contributed by atoms with Crippen LogP contribution in [0.3, 0.4) is 0 Å². The third-order valence-electron chi connectivity index (χ3n) is 3.21. The summed E-state index contributed by atoms with van der Waals surface area (Å²) in [5.41, 5.74) is 1.79. The molecule has 0 fully saturated rings. The number of aromatic amines is 1. The van der Waals surface area contributed by atoms with Gasteiger partial charge in [0.1, 0.15) is 11.7 Å². The monoisotopic (exact) mass is 257 g/mol. The van der Waals surface area contributed by atoms with Crippen molar-refractivity contribution in [2.75, 3.05) is 4.90 Å². The molecule has 96 valence electrons. The largest absolute Gasteiger partial charge is 0.480 e. The van der Waals surface area contributed by atoms with E-state index in [4.69, 9.17) is 0 Å². The fraction of sp³-hybridized carbons (Fsp3) is 0.154. The average Bonchev–Trinajstić information content (AvgIpc) is 3.05. The van der Waals surface area contributed by atoms with Crippen molar-refractivity contribution in [1.29, 1.82) is 0 Å². The van der Waals surface area contributed by atoms with Gasteiger partial charge in [-0.1, -0.05) is 18.2 Å². The van der Waals surface area contributed by atoms with E-state index in [1.54, 1.807) is 12.1 Å². The van der Waals surface area contributed by atoms with E-state index in [0.717, 1.165) is 5.56 Å². The van der Waals surface area contributed by atoms with Crippen molar-refractivity contribution >= 4 is 17.6 Å². The highest BCUT2D eigenvalue weighted by molar-refractivity contribution is 6.09. The third kappa shape index (κ3) is 1.77. The van der Waals surface area contributed by atoms with E-state index in [0.29, 0.717) is 12.1 Å². The number of nitrogens with zero attached hydrogens (tertiary/aromatic N) is 2. The van der Waals surface area contributed by atoms with Gasteiger partial charge >= 0.3 is 5.97 Å². The fourth-order valence-electron chi connectivity index (χ4n) is 2.34. The number of para-hydroxylation sites is 1. The lowest BCUT2D eigenvalue weighted by molar-refractivity contribution is -0.138. The molecule has 0 saturated carbocycles. The standard InChI is InChI=1S/C13H11N3O3/c17-12(9-5-6-14-15-9)16-10-4-2-1-3-8(10)7-11(16)13(18)19/h1-6,11H,7H2,(H,14,15)(H,18,19)/t11-/m0/s1. The molecule has 2 heterocycles. The van der Waals surface area contributed by atoms with Crippen LogP contribution in [0.1, 0.15) is 16.1 Å². The zero-order valence-electron chi connectivity index (χ0n) is 9.91. The highest BCUT2D eigenvalue weighted by Gasteiger charge is 2.38. The Morgan fingerprint density at radius 1 is 1.32 bits per heavy atom. The Morgan fingerprint density at radius 2 is 2.11 bits per heavy atom. The molecule has 1 aromatic carbocycles. The first-order valence-corrected chi connectivity index (χ1v) is 5.82. The number of carbonyl (C=O) groups is 2. The minimum atomic E-state index is -1.01. The van der Waals surface area contributed by atoms with Crippen LogP contribution in [0.5, 0.6) is 0 Å². The van der Waals surface area contributed by atoms with Gasteiger partial charge in [-0.2, -0.15) is 5.10 Å². The van der Waals surface area contributed by atoms with Gasteiger partial charge in [0.05, 0.1) is 0 Å². The van der Waals surface area contributed by atoms with E-state index >= 15 is 0 Å². The molecule has 3 rings (SSSR count). The lowest BCUT2D eigenvalue weighted by Gasteiger charge is -2.21.